The molecule has 4 nitrogen and oxygen atoms in total. The topological polar surface area (TPSA) is 42.3 Å². The Morgan fingerprint density at radius 3 is 2.48 bits per heavy atom. The second-order valence-corrected chi connectivity index (χ2v) is 9.08. The van der Waals surface area contributed by atoms with Gasteiger partial charge in [0.1, 0.15) is 14.2 Å². The van der Waals surface area contributed by atoms with Gasteiger partial charge in [-0.25, -0.2) is 0 Å². The van der Waals surface area contributed by atoms with Gasteiger partial charge in [0.2, 0.25) is 0 Å². The van der Waals surface area contributed by atoms with E-state index in [-0.39, 0.29) is 11.3 Å². The van der Waals surface area contributed by atoms with E-state index in [1.54, 1.807) is 16.3 Å². The maximum Gasteiger partial charge on any atom is 0.271 e. The average molecular weight is 421 g/mol. The van der Waals surface area contributed by atoms with Crippen molar-refractivity contribution < 1.29 is 4.79 Å². The Labute approximate surface area is 176 Å². The Kier molecular flexibility index (Phi) is 4.48. The van der Waals surface area contributed by atoms with Crippen molar-refractivity contribution in [3.63, 3.8) is 0 Å². The molecule has 5 rings (SSSR count). The third-order valence-corrected chi connectivity index (χ3v) is 8.02. The van der Waals surface area contributed by atoms with Gasteiger partial charge in [-0.05, 0) is 31.5 Å². The molecule has 1 aliphatic heterocycles. The van der Waals surface area contributed by atoms with Crippen LogP contribution in [0.5, 0.6) is 0 Å². The Morgan fingerprint density at radius 2 is 1.72 bits per heavy atom. The number of hydrogen-bond donors (Lipinski definition) is 0. The molecule has 3 aromatic rings. The number of carbonyl (C=O) groups excluding carboxylic acids is 1. The third kappa shape index (κ3) is 2.74. The molecule has 0 atom stereocenters. The van der Waals surface area contributed by atoms with Crippen molar-refractivity contribution in [3.05, 3.63) is 79.2 Å². The van der Waals surface area contributed by atoms with E-state index in [1.807, 2.05) is 43.3 Å². The van der Waals surface area contributed by atoms with E-state index in [2.05, 4.69) is 24.0 Å². The first kappa shape index (κ1) is 18.5. The molecule has 1 aliphatic carbocycles. The van der Waals surface area contributed by atoms with Crippen LogP contribution in [0.15, 0.2) is 58.2 Å². The zero-order valence-electron chi connectivity index (χ0n) is 16.3. The number of thiazole rings is 1. The maximum absolute atomic E-state index is 13.3. The number of rotatable bonds is 2. The van der Waals surface area contributed by atoms with Crippen molar-refractivity contribution in [2.45, 2.75) is 31.7 Å². The van der Waals surface area contributed by atoms with Crippen LogP contribution in [0.1, 0.15) is 29.8 Å². The highest BCUT2D eigenvalue weighted by molar-refractivity contribution is 8.08. The van der Waals surface area contributed by atoms with Gasteiger partial charge in [-0.15, -0.1) is 11.3 Å². The van der Waals surface area contributed by atoms with Gasteiger partial charge in [0.05, 0.1) is 5.69 Å². The van der Waals surface area contributed by atoms with Crippen LogP contribution in [0, 0.1) is 0 Å². The largest absolute Gasteiger partial charge is 0.334 e. The Morgan fingerprint density at radius 1 is 0.966 bits per heavy atom. The number of benzene rings is 2. The molecular weight excluding hydrogens is 400 g/mol. The fourth-order valence-electron chi connectivity index (χ4n) is 4.08. The predicted molar refractivity (Wildman–Crippen MR) is 120 cm³/mol. The van der Waals surface area contributed by atoms with Gasteiger partial charge in [0.15, 0.2) is 5.78 Å². The molecule has 0 saturated heterocycles. The van der Waals surface area contributed by atoms with Crippen LogP contribution in [-0.4, -0.2) is 16.9 Å². The van der Waals surface area contributed by atoms with E-state index in [1.165, 1.54) is 16.2 Å². The number of hydrogen-bond acceptors (Lipinski definition) is 5. The lowest BCUT2D eigenvalue weighted by atomic mass is 10.1. The molecule has 0 unspecified atom stereocenters. The van der Waals surface area contributed by atoms with Crippen LogP contribution in [-0.2, 0) is 13.0 Å². The molecule has 146 valence electrons. The van der Waals surface area contributed by atoms with E-state index in [0.717, 1.165) is 43.2 Å². The standard InChI is InChI=1S/C23H20N2O2S2/c1-3-24-17-11-7-8-12-18(17)28-23(24)20-21(27)25(4-2)22(29-20)16-13-14-9-5-6-10-15(14)19(16)26/h5-12H,3-4,13H2,1-2H3/b22-16-,23-20+. The van der Waals surface area contributed by atoms with E-state index in [4.69, 9.17) is 0 Å². The Hall–Kier alpha value is -2.57. The molecule has 0 fully saturated rings. The highest BCUT2D eigenvalue weighted by Gasteiger charge is 2.29. The lowest BCUT2D eigenvalue weighted by Crippen LogP contribution is -2.34. The first-order chi connectivity index (χ1) is 14.1. The summed E-state index contributed by atoms with van der Waals surface area (Å²) in [6.45, 7) is 5.41. The maximum atomic E-state index is 13.3. The highest BCUT2D eigenvalue weighted by Crippen LogP contribution is 2.45. The Bertz CT molecular complexity index is 1330. The number of aromatic nitrogens is 1. The molecule has 1 aromatic heterocycles. The van der Waals surface area contributed by atoms with Crippen molar-refractivity contribution in [2.24, 2.45) is 0 Å². The minimum Gasteiger partial charge on any atom is -0.334 e. The second kappa shape index (κ2) is 7.04. The van der Waals surface area contributed by atoms with Crippen molar-refractivity contribution in [3.8, 4) is 0 Å². The second-order valence-electron chi connectivity index (χ2n) is 7.05. The highest BCUT2D eigenvalue weighted by atomic mass is 32.2. The number of ketones is 1. The van der Waals surface area contributed by atoms with Crippen molar-refractivity contribution in [1.82, 2.24) is 4.57 Å². The smallest absolute Gasteiger partial charge is 0.271 e. The molecule has 0 spiro atoms. The summed E-state index contributed by atoms with van der Waals surface area (Å²) in [7, 11) is 0. The minimum absolute atomic E-state index is 0.00230. The molecule has 0 bridgehead atoms. The molecule has 0 N–H and O–H groups in total. The summed E-state index contributed by atoms with van der Waals surface area (Å²) in [6, 6.07) is 16.0. The zero-order valence-corrected chi connectivity index (χ0v) is 17.9. The quantitative estimate of drug-likeness (QED) is 0.639. The SMILES string of the molecule is CCN1/C(=c2\s/c(=C3/Cc4ccccc4C3=O)n(CC)c2=O)Sc2ccccc21. The van der Waals surface area contributed by atoms with Crippen LogP contribution in [0.25, 0.3) is 10.6 Å². The van der Waals surface area contributed by atoms with Gasteiger partial charge in [0, 0.05) is 35.5 Å². The summed E-state index contributed by atoms with van der Waals surface area (Å²) >= 11 is 3.11. The van der Waals surface area contributed by atoms with Crippen LogP contribution in [0.4, 0.5) is 5.69 Å². The number of para-hydroxylation sites is 1. The summed E-state index contributed by atoms with van der Waals surface area (Å²) in [4.78, 5) is 29.7. The summed E-state index contributed by atoms with van der Waals surface area (Å²) in [6.07, 6.45) is 0.592. The molecule has 2 aromatic carbocycles. The number of nitrogens with zero attached hydrogens (tertiary/aromatic N) is 2. The molecule has 6 heteroatoms. The first-order valence-corrected chi connectivity index (χ1v) is 11.4. The summed E-state index contributed by atoms with van der Waals surface area (Å²) in [5.41, 5.74) is 3.69. The lowest BCUT2D eigenvalue weighted by Gasteiger charge is -2.16. The summed E-state index contributed by atoms with van der Waals surface area (Å²) in [5, 5.41) is 0.973. The van der Waals surface area contributed by atoms with E-state index in [0.29, 0.717) is 13.0 Å². The molecule has 2 aliphatic rings. The van der Waals surface area contributed by atoms with Crippen molar-refractivity contribution in [1.29, 1.82) is 0 Å². The predicted octanol–water partition coefficient (Wildman–Crippen LogP) is 3.22. The van der Waals surface area contributed by atoms with Crippen LogP contribution in [0.2, 0.25) is 0 Å². The van der Waals surface area contributed by atoms with Gasteiger partial charge in [-0.3, -0.25) is 14.2 Å². The van der Waals surface area contributed by atoms with Crippen LogP contribution >= 0.6 is 23.1 Å². The summed E-state index contributed by atoms with van der Waals surface area (Å²) in [5.74, 6) is 0.0512. The van der Waals surface area contributed by atoms with Gasteiger partial charge in [-0.2, -0.15) is 0 Å². The fraction of sp³-hybridized carbons (Fsp3) is 0.217. The first-order valence-electron chi connectivity index (χ1n) is 9.78. The van der Waals surface area contributed by atoms with Crippen molar-refractivity contribution in [2.75, 3.05) is 11.4 Å². The van der Waals surface area contributed by atoms with E-state index in [9.17, 15) is 9.59 Å². The molecule has 0 amide bonds. The number of fused-ring (bicyclic) bond motifs is 2. The molecule has 29 heavy (non-hydrogen) atoms. The van der Waals surface area contributed by atoms with Crippen LogP contribution < -0.4 is 19.7 Å². The summed E-state index contributed by atoms with van der Waals surface area (Å²) < 4.78 is 3.29. The lowest BCUT2D eigenvalue weighted by molar-refractivity contribution is 0.105. The molecule has 0 saturated carbocycles. The monoisotopic (exact) mass is 420 g/mol. The normalized spacial score (nSPS) is 19.0. The zero-order chi connectivity index (χ0) is 20.1. The van der Waals surface area contributed by atoms with Gasteiger partial charge in [-0.1, -0.05) is 48.2 Å². The fourth-order valence-corrected chi connectivity index (χ4v) is 6.68. The van der Waals surface area contributed by atoms with Gasteiger partial charge >= 0.3 is 0 Å². The number of anilines is 1. The number of carbonyl (C=O) groups is 1. The van der Waals surface area contributed by atoms with Crippen molar-refractivity contribution >= 4 is 45.2 Å². The van der Waals surface area contributed by atoms with Gasteiger partial charge in [0.25, 0.3) is 5.56 Å². The van der Waals surface area contributed by atoms with Crippen LogP contribution in [0.3, 0.4) is 0 Å². The minimum atomic E-state index is -0.00230. The Balaban J connectivity index is 1.78. The number of thioether (sulfide) groups is 1. The average Bonchev–Trinajstić information content (AvgIpc) is 3.38. The molecule has 0 radical (unpaired) electrons. The molecular formula is C23H20N2O2S2. The number of Topliss-reactive ketones (excluding diaryl/α,β-unsaturated/α-hetero) is 1. The molecule has 2 heterocycles. The van der Waals surface area contributed by atoms with E-state index >= 15 is 0 Å². The third-order valence-electron chi connectivity index (χ3n) is 5.48. The van der Waals surface area contributed by atoms with Gasteiger partial charge < -0.3 is 4.90 Å². The van der Waals surface area contributed by atoms with E-state index < -0.39 is 0 Å².